The van der Waals surface area contributed by atoms with Crippen molar-refractivity contribution >= 4 is 45.5 Å². The first-order valence-electron chi connectivity index (χ1n) is 5.82. The number of halogens is 1. The van der Waals surface area contributed by atoms with Crippen LogP contribution in [0.15, 0.2) is 41.8 Å². The molecule has 1 heterocycles. The van der Waals surface area contributed by atoms with E-state index in [1.165, 1.54) is 4.88 Å². The Labute approximate surface area is 125 Å². The molecule has 94 valence electrons. The Bertz CT molecular complexity index is 510. The maximum atomic E-state index is 11.7. The molecule has 0 aliphatic heterocycles. The van der Waals surface area contributed by atoms with Gasteiger partial charge in [-0.05, 0) is 65.1 Å². The number of amides is 1. The van der Waals surface area contributed by atoms with Crippen molar-refractivity contribution in [2.45, 2.75) is 19.3 Å². The van der Waals surface area contributed by atoms with Crippen LogP contribution >= 0.6 is 33.9 Å². The van der Waals surface area contributed by atoms with Crippen molar-refractivity contribution in [3.63, 3.8) is 0 Å². The molecule has 0 aliphatic rings. The van der Waals surface area contributed by atoms with E-state index in [0.717, 1.165) is 22.1 Å². The van der Waals surface area contributed by atoms with Gasteiger partial charge in [-0.15, -0.1) is 11.3 Å². The molecule has 4 heteroatoms. The largest absolute Gasteiger partial charge is 0.326 e. The van der Waals surface area contributed by atoms with E-state index in [2.05, 4.69) is 39.4 Å². The molecule has 0 aliphatic carbocycles. The second kappa shape index (κ2) is 6.89. The van der Waals surface area contributed by atoms with Crippen molar-refractivity contribution in [1.29, 1.82) is 0 Å². The quantitative estimate of drug-likeness (QED) is 0.780. The maximum Gasteiger partial charge on any atom is 0.224 e. The number of carbonyl (C=O) groups is 1. The monoisotopic (exact) mass is 371 g/mol. The molecule has 2 rings (SSSR count). The summed E-state index contributed by atoms with van der Waals surface area (Å²) in [7, 11) is 0. The van der Waals surface area contributed by atoms with E-state index in [1.54, 1.807) is 11.3 Å². The van der Waals surface area contributed by atoms with Crippen LogP contribution in [0.1, 0.15) is 17.7 Å². The van der Waals surface area contributed by atoms with Crippen LogP contribution in [-0.2, 0) is 11.2 Å². The number of rotatable bonds is 5. The van der Waals surface area contributed by atoms with Gasteiger partial charge >= 0.3 is 0 Å². The van der Waals surface area contributed by atoms with Crippen molar-refractivity contribution in [3.05, 3.63) is 50.2 Å². The van der Waals surface area contributed by atoms with Crippen molar-refractivity contribution in [3.8, 4) is 0 Å². The molecule has 1 aromatic heterocycles. The molecular formula is C14H14INOS. The highest BCUT2D eigenvalue weighted by Crippen LogP contribution is 2.14. The Morgan fingerprint density at radius 2 is 2.17 bits per heavy atom. The second-order valence-corrected chi connectivity index (χ2v) is 6.27. The van der Waals surface area contributed by atoms with Crippen molar-refractivity contribution in [2.24, 2.45) is 0 Å². The summed E-state index contributed by atoms with van der Waals surface area (Å²) < 4.78 is 1.13. The Morgan fingerprint density at radius 3 is 2.89 bits per heavy atom. The standard InChI is InChI=1S/C14H14INOS/c15-11-4-1-5-12(10-11)16-14(17)8-2-6-13-7-3-9-18-13/h1,3-5,7,9-10H,2,6,8H2,(H,16,17). The SMILES string of the molecule is O=C(CCCc1cccs1)Nc1cccc(I)c1. The fourth-order valence-corrected chi connectivity index (χ4v) is 2.96. The number of benzene rings is 1. The molecular weight excluding hydrogens is 357 g/mol. The van der Waals surface area contributed by atoms with Gasteiger partial charge < -0.3 is 5.32 Å². The second-order valence-electron chi connectivity index (χ2n) is 3.99. The number of aryl methyl sites for hydroxylation is 1. The predicted octanol–water partition coefficient (Wildman–Crippen LogP) is 4.31. The average molecular weight is 371 g/mol. The summed E-state index contributed by atoms with van der Waals surface area (Å²) >= 11 is 3.99. The van der Waals surface area contributed by atoms with Gasteiger partial charge in [-0.3, -0.25) is 4.79 Å². The van der Waals surface area contributed by atoms with Gasteiger partial charge in [0.15, 0.2) is 0 Å². The van der Waals surface area contributed by atoms with Crippen LogP contribution in [0.25, 0.3) is 0 Å². The first-order valence-corrected chi connectivity index (χ1v) is 7.78. The highest BCUT2D eigenvalue weighted by Gasteiger charge is 2.03. The third-order valence-electron chi connectivity index (χ3n) is 2.52. The predicted molar refractivity (Wildman–Crippen MR) is 85.0 cm³/mol. The van der Waals surface area contributed by atoms with Crippen molar-refractivity contribution < 1.29 is 4.79 Å². The van der Waals surface area contributed by atoms with Gasteiger partial charge in [-0.1, -0.05) is 12.1 Å². The van der Waals surface area contributed by atoms with Crippen LogP contribution in [0.5, 0.6) is 0 Å². The van der Waals surface area contributed by atoms with E-state index >= 15 is 0 Å². The lowest BCUT2D eigenvalue weighted by atomic mass is 10.2. The number of nitrogens with one attached hydrogen (secondary N) is 1. The van der Waals surface area contributed by atoms with Crippen molar-refractivity contribution in [1.82, 2.24) is 0 Å². The summed E-state index contributed by atoms with van der Waals surface area (Å²) in [5.41, 5.74) is 0.878. The van der Waals surface area contributed by atoms with Crippen LogP contribution < -0.4 is 5.32 Å². The van der Waals surface area contributed by atoms with Gasteiger partial charge in [-0.25, -0.2) is 0 Å². The molecule has 0 radical (unpaired) electrons. The average Bonchev–Trinajstić information content (AvgIpc) is 2.82. The number of thiophene rings is 1. The zero-order chi connectivity index (χ0) is 12.8. The van der Waals surface area contributed by atoms with Gasteiger partial charge in [0.05, 0.1) is 0 Å². The van der Waals surface area contributed by atoms with Crippen LogP contribution in [0.2, 0.25) is 0 Å². The Hall–Kier alpha value is -0.880. The smallest absolute Gasteiger partial charge is 0.224 e. The Kier molecular flexibility index (Phi) is 5.19. The summed E-state index contributed by atoms with van der Waals surface area (Å²) in [5.74, 6) is 0.0913. The third-order valence-corrected chi connectivity index (χ3v) is 4.12. The molecule has 0 saturated heterocycles. The molecule has 2 nitrogen and oxygen atoms in total. The number of carbonyl (C=O) groups excluding carboxylic acids is 1. The van der Waals surface area contributed by atoms with E-state index in [4.69, 9.17) is 0 Å². The van der Waals surface area contributed by atoms with E-state index in [1.807, 2.05) is 30.3 Å². The Morgan fingerprint density at radius 1 is 1.28 bits per heavy atom. The molecule has 0 saturated carbocycles. The van der Waals surface area contributed by atoms with Crippen LogP contribution in [0, 0.1) is 3.57 Å². The highest BCUT2D eigenvalue weighted by molar-refractivity contribution is 14.1. The molecule has 1 N–H and O–H groups in total. The van der Waals surface area contributed by atoms with Crippen LogP contribution in [-0.4, -0.2) is 5.91 Å². The molecule has 0 fully saturated rings. The summed E-state index contributed by atoms with van der Waals surface area (Å²) in [4.78, 5) is 13.1. The Balaban J connectivity index is 1.75. The lowest BCUT2D eigenvalue weighted by Crippen LogP contribution is -2.11. The van der Waals surface area contributed by atoms with Gasteiger partial charge in [0.2, 0.25) is 5.91 Å². The first kappa shape index (κ1) is 13.5. The highest BCUT2D eigenvalue weighted by atomic mass is 127. The normalized spacial score (nSPS) is 10.3. The lowest BCUT2D eigenvalue weighted by molar-refractivity contribution is -0.116. The molecule has 1 aromatic carbocycles. The van der Waals surface area contributed by atoms with E-state index in [-0.39, 0.29) is 5.91 Å². The zero-order valence-corrected chi connectivity index (χ0v) is 12.8. The summed E-state index contributed by atoms with van der Waals surface area (Å²) in [6, 6.07) is 12.0. The minimum Gasteiger partial charge on any atom is -0.326 e. The van der Waals surface area contributed by atoms with E-state index < -0.39 is 0 Å². The molecule has 18 heavy (non-hydrogen) atoms. The van der Waals surface area contributed by atoms with E-state index in [9.17, 15) is 4.79 Å². The number of hydrogen-bond acceptors (Lipinski definition) is 2. The molecule has 0 spiro atoms. The van der Waals surface area contributed by atoms with Gasteiger partial charge in [0, 0.05) is 20.6 Å². The molecule has 0 atom stereocenters. The third kappa shape index (κ3) is 4.42. The van der Waals surface area contributed by atoms with Gasteiger partial charge in [0.25, 0.3) is 0 Å². The van der Waals surface area contributed by atoms with Gasteiger partial charge in [0.1, 0.15) is 0 Å². The fourth-order valence-electron chi connectivity index (χ4n) is 1.67. The van der Waals surface area contributed by atoms with Crippen LogP contribution in [0.3, 0.4) is 0 Å². The maximum absolute atomic E-state index is 11.7. The summed E-state index contributed by atoms with van der Waals surface area (Å²) in [6.07, 6.45) is 2.46. The zero-order valence-electron chi connectivity index (χ0n) is 9.86. The molecule has 2 aromatic rings. The molecule has 0 bridgehead atoms. The minimum absolute atomic E-state index is 0.0913. The number of hydrogen-bond donors (Lipinski definition) is 1. The summed E-state index contributed by atoms with van der Waals surface area (Å²) in [5, 5.41) is 4.99. The minimum atomic E-state index is 0.0913. The lowest BCUT2D eigenvalue weighted by Gasteiger charge is -2.05. The van der Waals surface area contributed by atoms with Gasteiger partial charge in [-0.2, -0.15) is 0 Å². The van der Waals surface area contributed by atoms with E-state index in [0.29, 0.717) is 6.42 Å². The van der Waals surface area contributed by atoms with Crippen LogP contribution in [0.4, 0.5) is 5.69 Å². The fraction of sp³-hybridized carbons (Fsp3) is 0.214. The van der Waals surface area contributed by atoms with Crippen molar-refractivity contribution in [2.75, 3.05) is 5.32 Å². The summed E-state index contributed by atoms with van der Waals surface area (Å²) in [6.45, 7) is 0. The topological polar surface area (TPSA) is 29.1 Å². The molecule has 0 unspecified atom stereocenters. The number of anilines is 1. The molecule has 1 amide bonds. The first-order chi connectivity index (χ1) is 8.74.